The Morgan fingerprint density at radius 3 is 2.61 bits per heavy atom. The summed E-state index contributed by atoms with van der Waals surface area (Å²) in [6.07, 6.45) is 9.46. The zero-order valence-corrected chi connectivity index (χ0v) is 19.3. The summed E-state index contributed by atoms with van der Waals surface area (Å²) in [5, 5.41) is 16.0. The van der Waals surface area contributed by atoms with E-state index in [1.165, 1.54) is 56.4 Å². The van der Waals surface area contributed by atoms with Crippen molar-refractivity contribution in [1.82, 2.24) is 0 Å². The standard InChI is InChI=1S/C13H17NS.C10H10O2.Ir/c1-2-5-11-10(4-1)7-8-12(14-11)13-6-3-9-15-13;1-8(11)7-10(12)9-5-3-2-4-6-9;/h3,9-12H,1-2,4-5,7-8H2;2-7,11H,1H3;/q-2;;/b;8-7-;. The van der Waals surface area contributed by atoms with Gasteiger partial charge >= 0.3 is 0 Å². The van der Waals surface area contributed by atoms with E-state index in [9.17, 15) is 4.79 Å². The van der Waals surface area contributed by atoms with Gasteiger partial charge in [-0.15, -0.1) is 17.0 Å². The van der Waals surface area contributed by atoms with E-state index in [0.29, 0.717) is 17.6 Å². The van der Waals surface area contributed by atoms with Crippen molar-refractivity contribution in [3.05, 3.63) is 75.4 Å². The molecule has 3 unspecified atom stereocenters. The van der Waals surface area contributed by atoms with Gasteiger partial charge < -0.3 is 10.4 Å². The number of carbonyl (C=O) groups is 1. The number of hydrogen-bond donors (Lipinski definition) is 1. The molecule has 1 saturated heterocycles. The number of piperidine rings is 1. The maximum Gasteiger partial charge on any atom is 0.189 e. The van der Waals surface area contributed by atoms with Crippen LogP contribution in [0.4, 0.5) is 0 Å². The van der Waals surface area contributed by atoms with E-state index in [1.54, 1.807) is 24.3 Å². The molecule has 2 aromatic rings. The second kappa shape index (κ2) is 11.7. The maximum atomic E-state index is 11.2. The topological polar surface area (TPSA) is 51.4 Å². The maximum absolute atomic E-state index is 11.2. The monoisotopic (exact) mass is 574 g/mol. The average Bonchev–Trinajstić information content (AvgIpc) is 3.23. The van der Waals surface area contributed by atoms with Crippen LogP contribution in [0.2, 0.25) is 0 Å². The molecule has 5 heteroatoms. The fraction of sp³-hybridized carbons (Fsp3) is 0.435. The molecular weight excluding hydrogens is 547 g/mol. The first kappa shape index (κ1) is 23.0. The Bertz CT molecular complexity index is 741. The van der Waals surface area contributed by atoms with E-state index in [-0.39, 0.29) is 31.6 Å². The molecule has 1 saturated carbocycles. The second-order valence-corrected chi connectivity index (χ2v) is 8.25. The zero-order valence-electron chi connectivity index (χ0n) is 16.1. The molecule has 1 radical (unpaired) electrons. The number of allylic oxidation sites excluding steroid dienone is 2. The van der Waals surface area contributed by atoms with Crippen LogP contribution in [-0.2, 0) is 20.1 Å². The van der Waals surface area contributed by atoms with E-state index in [2.05, 4.69) is 11.4 Å². The van der Waals surface area contributed by atoms with E-state index in [1.807, 2.05) is 23.5 Å². The molecule has 28 heavy (non-hydrogen) atoms. The largest absolute Gasteiger partial charge is 0.653 e. The molecule has 1 aromatic carbocycles. The summed E-state index contributed by atoms with van der Waals surface area (Å²) in [5.41, 5.74) is 0.589. The summed E-state index contributed by atoms with van der Waals surface area (Å²) in [5.74, 6) is 0.773. The fourth-order valence-corrected chi connectivity index (χ4v) is 4.66. The number of hydrogen-bond acceptors (Lipinski definition) is 3. The summed E-state index contributed by atoms with van der Waals surface area (Å²) in [6, 6.07) is 15.3. The Morgan fingerprint density at radius 1 is 1.18 bits per heavy atom. The van der Waals surface area contributed by atoms with Crippen molar-refractivity contribution in [3.8, 4) is 0 Å². The van der Waals surface area contributed by atoms with Crippen LogP contribution in [0, 0.1) is 12.0 Å². The van der Waals surface area contributed by atoms with Crippen molar-refractivity contribution in [2.24, 2.45) is 5.92 Å². The van der Waals surface area contributed by atoms with Crippen LogP contribution < -0.4 is 0 Å². The zero-order chi connectivity index (χ0) is 19.1. The van der Waals surface area contributed by atoms with E-state index in [0.717, 1.165) is 5.92 Å². The van der Waals surface area contributed by atoms with Crippen LogP contribution >= 0.6 is 11.3 Å². The second-order valence-electron chi connectivity index (χ2n) is 7.30. The smallest absolute Gasteiger partial charge is 0.189 e. The third-order valence-corrected chi connectivity index (χ3v) is 6.16. The number of aliphatic hydroxyl groups excluding tert-OH is 1. The third-order valence-electron chi connectivity index (χ3n) is 5.24. The number of rotatable bonds is 3. The van der Waals surface area contributed by atoms with Crippen LogP contribution in [0.25, 0.3) is 5.32 Å². The van der Waals surface area contributed by atoms with Crippen molar-refractivity contribution in [3.63, 3.8) is 0 Å². The summed E-state index contributed by atoms with van der Waals surface area (Å²) in [6.45, 7) is 1.47. The first-order valence-electron chi connectivity index (χ1n) is 9.75. The molecule has 4 rings (SSSR count). The van der Waals surface area contributed by atoms with Gasteiger partial charge in [-0.3, -0.25) is 16.1 Å². The number of ketones is 1. The van der Waals surface area contributed by atoms with Crippen LogP contribution in [-0.4, -0.2) is 16.9 Å². The number of carbonyl (C=O) groups excluding carboxylic acids is 1. The summed E-state index contributed by atoms with van der Waals surface area (Å²) in [7, 11) is 0. The molecule has 1 N–H and O–H groups in total. The van der Waals surface area contributed by atoms with Gasteiger partial charge in [-0.1, -0.05) is 74.8 Å². The molecule has 153 valence electrons. The third kappa shape index (κ3) is 6.66. The minimum Gasteiger partial charge on any atom is -0.653 e. The van der Waals surface area contributed by atoms with E-state index in [4.69, 9.17) is 10.4 Å². The van der Waals surface area contributed by atoms with Gasteiger partial charge in [0.15, 0.2) is 5.78 Å². The van der Waals surface area contributed by atoms with Crippen molar-refractivity contribution >= 4 is 17.1 Å². The molecule has 0 bridgehead atoms. The molecule has 0 spiro atoms. The van der Waals surface area contributed by atoms with Crippen LogP contribution in [0.1, 0.15) is 66.7 Å². The summed E-state index contributed by atoms with van der Waals surface area (Å²) < 4.78 is 0. The Kier molecular flexibility index (Phi) is 9.60. The van der Waals surface area contributed by atoms with Gasteiger partial charge in [0.1, 0.15) is 0 Å². The summed E-state index contributed by atoms with van der Waals surface area (Å²) >= 11 is 1.82. The minimum absolute atomic E-state index is 0. The van der Waals surface area contributed by atoms with Gasteiger partial charge in [-0.2, -0.15) is 5.38 Å². The predicted molar refractivity (Wildman–Crippen MR) is 111 cm³/mol. The minimum atomic E-state index is -0.171. The van der Waals surface area contributed by atoms with Gasteiger partial charge in [0.05, 0.1) is 5.76 Å². The molecule has 3 nitrogen and oxygen atoms in total. The molecule has 3 atom stereocenters. The van der Waals surface area contributed by atoms with Crippen molar-refractivity contribution in [1.29, 1.82) is 0 Å². The molecule has 0 amide bonds. The Labute approximate surface area is 185 Å². The molecule has 1 aromatic heterocycles. The SMILES string of the molecule is C/C(O)=C/C(=O)c1ccccc1.[Ir].[c-]1ccsc1C1CCC2CCCCC2[N-]1. The molecular formula is C23H27IrNO2S-2. The molecule has 1 aliphatic heterocycles. The van der Waals surface area contributed by atoms with Crippen LogP contribution in [0.15, 0.2) is 53.6 Å². The Hall–Kier alpha value is -1.26. The first-order valence-corrected chi connectivity index (χ1v) is 10.6. The quantitative estimate of drug-likeness (QED) is 0.194. The molecule has 2 heterocycles. The Morgan fingerprint density at radius 2 is 1.93 bits per heavy atom. The van der Waals surface area contributed by atoms with Crippen molar-refractivity contribution < 1.29 is 30.0 Å². The number of nitrogens with zero attached hydrogens (tertiary/aromatic N) is 1. The molecule has 2 fully saturated rings. The number of aliphatic hydroxyl groups is 1. The number of benzene rings is 1. The van der Waals surface area contributed by atoms with E-state index >= 15 is 0 Å². The van der Waals surface area contributed by atoms with Crippen LogP contribution in [0.5, 0.6) is 0 Å². The first-order chi connectivity index (χ1) is 13.1. The van der Waals surface area contributed by atoms with Crippen molar-refractivity contribution in [2.75, 3.05) is 0 Å². The predicted octanol–water partition coefficient (Wildman–Crippen LogP) is 6.64. The fourth-order valence-electron chi connectivity index (χ4n) is 3.91. The molecule has 2 aliphatic rings. The van der Waals surface area contributed by atoms with Gasteiger partial charge in [0.25, 0.3) is 0 Å². The number of thiophene rings is 1. The Balaban J connectivity index is 0.000000199. The number of fused-ring (bicyclic) bond motifs is 1. The van der Waals surface area contributed by atoms with Gasteiger partial charge in [0, 0.05) is 31.7 Å². The average molecular weight is 574 g/mol. The molecule has 1 aliphatic carbocycles. The van der Waals surface area contributed by atoms with Crippen LogP contribution in [0.3, 0.4) is 0 Å². The normalized spacial score (nSPS) is 24.2. The van der Waals surface area contributed by atoms with E-state index < -0.39 is 0 Å². The van der Waals surface area contributed by atoms with Gasteiger partial charge in [0.2, 0.25) is 0 Å². The van der Waals surface area contributed by atoms with Crippen molar-refractivity contribution in [2.45, 2.75) is 57.5 Å². The van der Waals surface area contributed by atoms with Gasteiger partial charge in [-0.05, 0) is 6.92 Å². The summed E-state index contributed by atoms with van der Waals surface area (Å²) in [4.78, 5) is 12.6. The van der Waals surface area contributed by atoms with Gasteiger partial charge in [-0.25, -0.2) is 12.1 Å².